The molecule has 2 N–H and O–H groups in total. The quantitative estimate of drug-likeness (QED) is 0.797. The number of hydrogen-bond acceptors (Lipinski definition) is 3. The monoisotopic (exact) mass is 354 g/mol. The molecule has 5 nitrogen and oxygen atoms in total. The zero-order chi connectivity index (χ0) is 15.2. The van der Waals surface area contributed by atoms with Gasteiger partial charge in [0.15, 0.2) is 0 Å². The molecular weight excluding hydrogens is 336 g/mol. The van der Waals surface area contributed by atoms with E-state index in [1.807, 2.05) is 25.1 Å². The molecule has 1 aliphatic heterocycles. The topological polar surface area (TPSA) is 67.4 Å². The van der Waals surface area contributed by atoms with Crippen molar-refractivity contribution in [2.75, 3.05) is 18.5 Å². The number of benzene rings is 1. The van der Waals surface area contributed by atoms with Gasteiger partial charge in [-0.3, -0.25) is 9.59 Å². The predicted octanol–water partition coefficient (Wildman–Crippen LogP) is 2.38. The Morgan fingerprint density at radius 1 is 1.38 bits per heavy atom. The molecule has 0 spiro atoms. The minimum absolute atomic E-state index is 0.0886. The average molecular weight is 355 g/mol. The van der Waals surface area contributed by atoms with Crippen LogP contribution in [0.4, 0.5) is 5.69 Å². The molecule has 6 heteroatoms. The summed E-state index contributed by atoms with van der Waals surface area (Å²) >= 11 is 3.37. The van der Waals surface area contributed by atoms with Crippen LogP contribution in [0.2, 0.25) is 0 Å². The standard InChI is InChI=1S/C15H19BrN2O3/c1-10-7-11(16)4-5-13(10)18-15(20)8-14(19)17-9-12-3-2-6-21-12/h4-5,7,12H,2-3,6,8-9H2,1H3,(H,17,19)(H,18,20). The van der Waals surface area contributed by atoms with Crippen molar-refractivity contribution in [1.29, 1.82) is 0 Å². The molecule has 21 heavy (non-hydrogen) atoms. The molecule has 1 saturated heterocycles. The number of anilines is 1. The first kappa shape index (κ1) is 16.0. The van der Waals surface area contributed by atoms with Crippen molar-refractivity contribution in [2.45, 2.75) is 32.3 Å². The molecule has 1 heterocycles. The third kappa shape index (κ3) is 5.13. The molecule has 114 valence electrons. The molecule has 0 bridgehead atoms. The molecule has 1 aliphatic rings. The van der Waals surface area contributed by atoms with Crippen LogP contribution >= 0.6 is 15.9 Å². The van der Waals surface area contributed by atoms with Gasteiger partial charge in [0.1, 0.15) is 6.42 Å². The Kier molecular flexibility index (Phi) is 5.76. The van der Waals surface area contributed by atoms with Gasteiger partial charge < -0.3 is 15.4 Å². The summed E-state index contributed by atoms with van der Waals surface area (Å²) in [5.41, 5.74) is 1.66. The second-order valence-corrected chi connectivity index (χ2v) is 6.04. The second-order valence-electron chi connectivity index (χ2n) is 5.12. The molecule has 1 atom stereocenters. The van der Waals surface area contributed by atoms with E-state index in [0.29, 0.717) is 6.54 Å². The number of nitrogens with one attached hydrogen (secondary N) is 2. The summed E-state index contributed by atoms with van der Waals surface area (Å²) in [6, 6.07) is 5.56. The number of carbonyl (C=O) groups is 2. The van der Waals surface area contributed by atoms with Crippen LogP contribution in [0.3, 0.4) is 0 Å². The van der Waals surface area contributed by atoms with Gasteiger partial charge in [-0.1, -0.05) is 15.9 Å². The van der Waals surface area contributed by atoms with Crippen LogP contribution in [0.1, 0.15) is 24.8 Å². The zero-order valence-electron chi connectivity index (χ0n) is 11.9. The van der Waals surface area contributed by atoms with Gasteiger partial charge in [0, 0.05) is 23.3 Å². The SMILES string of the molecule is Cc1cc(Br)ccc1NC(=O)CC(=O)NCC1CCCO1. The Bertz CT molecular complexity index is 528. The Hall–Kier alpha value is -1.40. The summed E-state index contributed by atoms with van der Waals surface area (Å²) in [5, 5.41) is 5.48. The molecule has 0 radical (unpaired) electrons. The van der Waals surface area contributed by atoms with Crippen molar-refractivity contribution in [3.63, 3.8) is 0 Å². The largest absolute Gasteiger partial charge is 0.376 e. The van der Waals surface area contributed by atoms with Crippen molar-refractivity contribution in [3.8, 4) is 0 Å². The van der Waals surface area contributed by atoms with E-state index >= 15 is 0 Å². The minimum Gasteiger partial charge on any atom is -0.376 e. The Labute approximate surface area is 132 Å². The van der Waals surface area contributed by atoms with Crippen LogP contribution in [-0.4, -0.2) is 31.1 Å². The lowest BCUT2D eigenvalue weighted by Crippen LogP contribution is -2.34. The van der Waals surface area contributed by atoms with E-state index in [2.05, 4.69) is 26.6 Å². The highest BCUT2D eigenvalue weighted by Crippen LogP contribution is 2.20. The number of hydrogen-bond donors (Lipinski definition) is 2. The first-order valence-electron chi connectivity index (χ1n) is 6.99. The third-order valence-electron chi connectivity index (χ3n) is 3.33. The fraction of sp³-hybridized carbons (Fsp3) is 0.467. The zero-order valence-corrected chi connectivity index (χ0v) is 13.5. The van der Waals surface area contributed by atoms with E-state index in [-0.39, 0.29) is 24.3 Å². The predicted molar refractivity (Wildman–Crippen MR) is 84.1 cm³/mol. The first-order chi connectivity index (χ1) is 10.0. The summed E-state index contributed by atoms with van der Waals surface area (Å²) in [6.45, 7) is 3.13. The lowest BCUT2D eigenvalue weighted by atomic mass is 10.2. The van der Waals surface area contributed by atoms with Crippen LogP contribution < -0.4 is 10.6 Å². The van der Waals surface area contributed by atoms with Crippen LogP contribution in [-0.2, 0) is 14.3 Å². The lowest BCUT2D eigenvalue weighted by Gasteiger charge is -2.11. The number of aryl methyl sites for hydroxylation is 1. The van der Waals surface area contributed by atoms with Gasteiger partial charge in [-0.25, -0.2) is 0 Å². The van der Waals surface area contributed by atoms with E-state index in [4.69, 9.17) is 4.74 Å². The Morgan fingerprint density at radius 2 is 2.19 bits per heavy atom. The average Bonchev–Trinajstić information content (AvgIpc) is 2.93. The minimum atomic E-state index is -0.315. The van der Waals surface area contributed by atoms with Gasteiger partial charge in [0.05, 0.1) is 6.10 Å². The highest BCUT2D eigenvalue weighted by atomic mass is 79.9. The van der Waals surface area contributed by atoms with Crippen molar-refractivity contribution in [1.82, 2.24) is 5.32 Å². The number of ether oxygens (including phenoxy) is 1. The van der Waals surface area contributed by atoms with E-state index in [1.54, 1.807) is 0 Å². The molecule has 0 aromatic heterocycles. The molecule has 0 aliphatic carbocycles. The fourth-order valence-corrected chi connectivity index (χ4v) is 2.68. The normalized spacial score (nSPS) is 17.5. The summed E-state index contributed by atoms with van der Waals surface area (Å²) in [4.78, 5) is 23.5. The first-order valence-corrected chi connectivity index (χ1v) is 7.78. The highest BCUT2D eigenvalue weighted by Gasteiger charge is 2.17. The number of halogens is 1. The van der Waals surface area contributed by atoms with Gasteiger partial charge >= 0.3 is 0 Å². The molecule has 0 saturated carbocycles. The van der Waals surface area contributed by atoms with Crippen LogP contribution in [0, 0.1) is 6.92 Å². The number of carbonyl (C=O) groups excluding carboxylic acids is 2. The van der Waals surface area contributed by atoms with Crippen molar-refractivity contribution < 1.29 is 14.3 Å². The Morgan fingerprint density at radius 3 is 2.86 bits per heavy atom. The summed E-state index contributed by atoms with van der Waals surface area (Å²) < 4.78 is 6.36. The van der Waals surface area contributed by atoms with Gasteiger partial charge in [-0.05, 0) is 43.5 Å². The van der Waals surface area contributed by atoms with Crippen molar-refractivity contribution in [2.24, 2.45) is 0 Å². The smallest absolute Gasteiger partial charge is 0.233 e. The van der Waals surface area contributed by atoms with E-state index in [1.165, 1.54) is 0 Å². The second kappa shape index (κ2) is 7.56. The van der Waals surface area contributed by atoms with Gasteiger partial charge in [0.2, 0.25) is 11.8 Å². The van der Waals surface area contributed by atoms with Crippen LogP contribution in [0.5, 0.6) is 0 Å². The Balaban J connectivity index is 1.76. The molecule has 1 fully saturated rings. The van der Waals surface area contributed by atoms with E-state index in [0.717, 1.165) is 35.2 Å². The molecular formula is C15H19BrN2O3. The highest BCUT2D eigenvalue weighted by molar-refractivity contribution is 9.10. The lowest BCUT2D eigenvalue weighted by molar-refractivity contribution is -0.127. The van der Waals surface area contributed by atoms with Gasteiger partial charge in [0.25, 0.3) is 0 Å². The summed E-state index contributed by atoms with van der Waals surface area (Å²) in [7, 11) is 0. The van der Waals surface area contributed by atoms with E-state index < -0.39 is 0 Å². The fourth-order valence-electron chi connectivity index (χ4n) is 2.20. The van der Waals surface area contributed by atoms with E-state index in [9.17, 15) is 9.59 Å². The summed E-state index contributed by atoms with van der Waals surface area (Å²) in [6.07, 6.45) is 1.90. The molecule has 1 aromatic carbocycles. The summed E-state index contributed by atoms with van der Waals surface area (Å²) in [5.74, 6) is -0.594. The number of rotatable bonds is 5. The molecule has 2 rings (SSSR count). The molecule has 1 unspecified atom stereocenters. The van der Waals surface area contributed by atoms with Gasteiger partial charge in [-0.2, -0.15) is 0 Å². The van der Waals surface area contributed by atoms with Crippen molar-refractivity contribution in [3.05, 3.63) is 28.2 Å². The molecule has 1 aromatic rings. The van der Waals surface area contributed by atoms with Gasteiger partial charge in [-0.15, -0.1) is 0 Å². The van der Waals surface area contributed by atoms with Crippen LogP contribution in [0.15, 0.2) is 22.7 Å². The maximum absolute atomic E-state index is 11.8. The third-order valence-corrected chi connectivity index (χ3v) is 3.83. The molecule has 2 amide bonds. The van der Waals surface area contributed by atoms with Crippen LogP contribution in [0.25, 0.3) is 0 Å². The van der Waals surface area contributed by atoms with Crippen molar-refractivity contribution >= 4 is 33.4 Å². The maximum Gasteiger partial charge on any atom is 0.233 e. The maximum atomic E-state index is 11.8. The number of amides is 2.